The van der Waals surface area contributed by atoms with E-state index in [-0.39, 0.29) is 0 Å². The molecule has 1 N–H and O–H groups in total. The Hall–Kier alpha value is -0.0800. The van der Waals surface area contributed by atoms with Gasteiger partial charge in [-0.15, -0.1) is 0 Å². The molecule has 0 amide bonds. The Balaban J connectivity index is 2.37. The number of nitrogens with one attached hydrogen (secondary N) is 1. The van der Waals surface area contributed by atoms with Crippen molar-refractivity contribution in [2.75, 3.05) is 26.2 Å². The molecular weight excluding hydrogens is 220 g/mol. The number of rotatable bonds is 5. The third-order valence-corrected chi connectivity index (χ3v) is 4.34. The Kier molecular flexibility index (Phi) is 6.65. The quantitative estimate of drug-likeness (QED) is 0.807. The van der Waals surface area contributed by atoms with E-state index in [1.165, 1.54) is 45.3 Å². The SMILES string of the molecule is CCNC(CCN1CCCC(C)CC1)C(C)(C)C. The fraction of sp³-hybridized carbons (Fsp3) is 1.00. The van der Waals surface area contributed by atoms with Crippen LogP contribution in [0.4, 0.5) is 0 Å². The van der Waals surface area contributed by atoms with Crippen molar-refractivity contribution in [1.82, 2.24) is 10.2 Å². The van der Waals surface area contributed by atoms with E-state index >= 15 is 0 Å². The molecule has 2 heteroatoms. The normalized spacial score (nSPS) is 24.8. The number of likely N-dealkylation sites (tertiary alicyclic amines) is 1. The Morgan fingerprint density at radius 1 is 1.22 bits per heavy atom. The van der Waals surface area contributed by atoms with Gasteiger partial charge in [0.2, 0.25) is 0 Å². The van der Waals surface area contributed by atoms with E-state index < -0.39 is 0 Å². The van der Waals surface area contributed by atoms with Crippen molar-refractivity contribution in [2.45, 2.75) is 66.3 Å². The first-order valence-electron chi connectivity index (χ1n) is 7.89. The van der Waals surface area contributed by atoms with Crippen LogP contribution in [0.1, 0.15) is 60.3 Å². The summed E-state index contributed by atoms with van der Waals surface area (Å²) in [5.74, 6) is 0.933. The van der Waals surface area contributed by atoms with Crippen molar-refractivity contribution >= 4 is 0 Å². The van der Waals surface area contributed by atoms with Crippen LogP contribution < -0.4 is 5.32 Å². The van der Waals surface area contributed by atoms with E-state index in [0.717, 1.165) is 12.5 Å². The molecule has 1 aliphatic heterocycles. The van der Waals surface area contributed by atoms with Crippen molar-refractivity contribution in [3.05, 3.63) is 0 Å². The van der Waals surface area contributed by atoms with E-state index in [4.69, 9.17) is 0 Å². The zero-order valence-electron chi connectivity index (χ0n) is 13.3. The summed E-state index contributed by atoms with van der Waals surface area (Å²) >= 11 is 0. The Bertz CT molecular complexity index is 220. The van der Waals surface area contributed by atoms with Gasteiger partial charge in [0.25, 0.3) is 0 Å². The zero-order valence-corrected chi connectivity index (χ0v) is 13.3. The predicted molar refractivity (Wildman–Crippen MR) is 81.0 cm³/mol. The van der Waals surface area contributed by atoms with E-state index in [0.29, 0.717) is 11.5 Å². The molecule has 18 heavy (non-hydrogen) atoms. The Morgan fingerprint density at radius 3 is 2.56 bits per heavy atom. The minimum atomic E-state index is 0.370. The molecule has 0 aromatic carbocycles. The van der Waals surface area contributed by atoms with E-state index in [1.807, 2.05) is 0 Å². The molecule has 0 aliphatic carbocycles. The van der Waals surface area contributed by atoms with E-state index in [9.17, 15) is 0 Å². The molecule has 1 heterocycles. The smallest absolute Gasteiger partial charge is 0.0128 e. The van der Waals surface area contributed by atoms with Crippen molar-refractivity contribution < 1.29 is 0 Å². The summed E-state index contributed by atoms with van der Waals surface area (Å²) in [6.45, 7) is 16.6. The zero-order chi connectivity index (χ0) is 13.6. The summed E-state index contributed by atoms with van der Waals surface area (Å²) in [5.41, 5.74) is 0.370. The molecule has 0 spiro atoms. The van der Waals surface area contributed by atoms with Gasteiger partial charge in [0.15, 0.2) is 0 Å². The van der Waals surface area contributed by atoms with Gasteiger partial charge < -0.3 is 10.2 Å². The fourth-order valence-electron chi connectivity index (χ4n) is 2.95. The second-order valence-corrected chi connectivity index (χ2v) is 7.14. The average Bonchev–Trinajstić information content (AvgIpc) is 2.48. The van der Waals surface area contributed by atoms with E-state index in [1.54, 1.807) is 0 Å². The van der Waals surface area contributed by atoms with Crippen LogP contribution in [0.5, 0.6) is 0 Å². The maximum absolute atomic E-state index is 3.66. The highest BCUT2D eigenvalue weighted by Gasteiger charge is 2.24. The molecule has 0 radical (unpaired) electrons. The third kappa shape index (κ3) is 5.71. The van der Waals surface area contributed by atoms with Crippen molar-refractivity contribution in [3.63, 3.8) is 0 Å². The minimum absolute atomic E-state index is 0.370. The van der Waals surface area contributed by atoms with Gasteiger partial charge >= 0.3 is 0 Å². The molecule has 1 fully saturated rings. The van der Waals surface area contributed by atoms with Crippen LogP contribution in [0.3, 0.4) is 0 Å². The van der Waals surface area contributed by atoms with Gasteiger partial charge in [-0.25, -0.2) is 0 Å². The highest BCUT2D eigenvalue weighted by Crippen LogP contribution is 2.23. The predicted octanol–water partition coefficient (Wildman–Crippen LogP) is 3.52. The lowest BCUT2D eigenvalue weighted by atomic mass is 9.84. The summed E-state index contributed by atoms with van der Waals surface area (Å²) in [6, 6.07) is 0.642. The molecular formula is C16H34N2. The molecule has 0 aromatic rings. The lowest BCUT2D eigenvalue weighted by Crippen LogP contribution is -2.43. The number of hydrogen-bond donors (Lipinski definition) is 1. The highest BCUT2D eigenvalue weighted by atomic mass is 15.1. The van der Waals surface area contributed by atoms with Crippen LogP contribution in [0.15, 0.2) is 0 Å². The van der Waals surface area contributed by atoms with Crippen LogP contribution >= 0.6 is 0 Å². The summed E-state index contributed by atoms with van der Waals surface area (Å²) in [4.78, 5) is 2.68. The molecule has 0 saturated carbocycles. The van der Waals surface area contributed by atoms with Crippen LogP contribution in [-0.2, 0) is 0 Å². The standard InChI is InChI=1S/C16H34N2/c1-6-17-15(16(3,4)5)10-13-18-11-7-8-14(2)9-12-18/h14-15,17H,6-13H2,1-5H3. The molecule has 2 unspecified atom stereocenters. The molecule has 2 nitrogen and oxygen atoms in total. The third-order valence-electron chi connectivity index (χ3n) is 4.34. The monoisotopic (exact) mass is 254 g/mol. The topological polar surface area (TPSA) is 15.3 Å². The molecule has 0 aromatic heterocycles. The second-order valence-electron chi connectivity index (χ2n) is 7.14. The fourth-order valence-corrected chi connectivity index (χ4v) is 2.95. The molecule has 2 atom stereocenters. The van der Waals surface area contributed by atoms with Crippen LogP contribution in [0.2, 0.25) is 0 Å². The maximum atomic E-state index is 3.66. The largest absolute Gasteiger partial charge is 0.314 e. The van der Waals surface area contributed by atoms with Gasteiger partial charge in [-0.3, -0.25) is 0 Å². The van der Waals surface area contributed by atoms with E-state index in [2.05, 4.69) is 44.8 Å². The summed E-state index contributed by atoms with van der Waals surface area (Å²) in [6.07, 6.45) is 5.49. The molecule has 1 aliphatic rings. The molecule has 1 rings (SSSR count). The van der Waals surface area contributed by atoms with Crippen LogP contribution in [0, 0.1) is 11.3 Å². The van der Waals surface area contributed by atoms with Gasteiger partial charge in [-0.05, 0) is 63.2 Å². The van der Waals surface area contributed by atoms with Crippen molar-refractivity contribution in [3.8, 4) is 0 Å². The summed E-state index contributed by atoms with van der Waals surface area (Å²) < 4.78 is 0. The lowest BCUT2D eigenvalue weighted by molar-refractivity contribution is 0.208. The van der Waals surface area contributed by atoms with Crippen molar-refractivity contribution in [2.24, 2.45) is 11.3 Å². The lowest BCUT2D eigenvalue weighted by Gasteiger charge is -2.33. The minimum Gasteiger partial charge on any atom is -0.314 e. The first kappa shape index (κ1) is 16.0. The van der Waals surface area contributed by atoms with Gasteiger partial charge in [0, 0.05) is 6.04 Å². The van der Waals surface area contributed by atoms with Gasteiger partial charge in [0.05, 0.1) is 0 Å². The second kappa shape index (κ2) is 7.49. The maximum Gasteiger partial charge on any atom is 0.0128 e. The van der Waals surface area contributed by atoms with Gasteiger partial charge in [-0.1, -0.05) is 34.6 Å². The Morgan fingerprint density at radius 2 is 1.94 bits per heavy atom. The van der Waals surface area contributed by atoms with Crippen LogP contribution in [0.25, 0.3) is 0 Å². The molecule has 0 bridgehead atoms. The molecule has 108 valence electrons. The molecule has 1 saturated heterocycles. The first-order valence-corrected chi connectivity index (χ1v) is 7.89. The highest BCUT2D eigenvalue weighted by molar-refractivity contribution is 4.81. The van der Waals surface area contributed by atoms with Crippen molar-refractivity contribution in [1.29, 1.82) is 0 Å². The first-order chi connectivity index (χ1) is 8.43. The van der Waals surface area contributed by atoms with Gasteiger partial charge in [0.1, 0.15) is 0 Å². The van der Waals surface area contributed by atoms with Crippen LogP contribution in [-0.4, -0.2) is 37.1 Å². The number of hydrogen-bond acceptors (Lipinski definition) is 2. The van der Waals surface area contributed by atoms with Gasteiger partial charge in [-0.2, -0.15) is 0 Å². The Labute approximate surface area is 115 Å². The summed E-state index contributed by atoms with van der Waals surface area (Å²) in [5, 5.41) is 3.66. The number of nitrogens with zero attached hydrogens (tertiary/aromatic N) is 1. The average molecular weight is 254 g/mol. The summed E-state index contributed by atoms with van der Waals surface area (Å²) in [7, 11) is 0.